The van der Waals surface area contributed by atoms with Crippen molar-refractivity contribution < 1.29 is 14.8 Å². The van der Waals surface area contributed by atoms with Crippen LogP contribution in [0.15, 0.2) is 36.5 Å². The molecule has 7 nitrogen and oxygen atoms in total. The molecule has 2 rings (SSSR count). The van der Waals surface area contributed by atoms with E-state index in [1.807, 2.05) is 25.1 Å². The minimum atomic E-state index is -1.28. The fourth-order valence-corrected chi connectivity index (χ4v) is 1.89. The average Bonchev–Trinajstić information content (AvgIpc) is 2.47. The van der Waals surface area contributed by atoms with Crippen LogP contribution in [-0.4, -0.2) is 21.0 Å². The first-order valence-corrected chi connectivity index (χ1v) is 6.25. The zero-order chi connectivity index (χ0) is 15.4. The molecule has 7 heteroatoms. The van der Waals surface area contributed by atoms with Crippen LogP contribution in [0.2, 0.25) is 0 Å². The highest BCUT2D eigenvalue weighted by Crippen LogP contribution is 2.25. The maximum Gasteiger partial charge on any atom is 0.339 e. The van der Waals surface area contributed by atoms with Crippen LogP contribution in [-0.2, 0) is 6.42 Å². The molecule has 0 atom stereocenters. The number of aryl methyl sites for hydroxylation is 1. The molecule has 1 aromatic heterocycles. The summed E-state index contributed by atoms with van der Waals surface area (Å²) in [5, 5.41) is 22.8. The Morgan fingerprint density at radius 3 is 2.76 bits per heavy atom. The molecule has 0 saturated heterocycles. The third-order valence-electron chi connectivity index (χ3n) is 2.97. The molecular formula is C14H13N3O4. The van der Waals surface area contributed by atoms with E-state index in [-0.39, 0.29) is 17.1 Å². The number of benzene rings is 1. The van der Waals surface area contributed by atoms with Gasteiger partial charge in [0.25, 0.3) is 5.69 Å². The summed E-state index contributed by atoms with van der Waals surface area (Å²) in [6.07, 6.45) is 1.79. The molecule has 0 saturated carbocycles. The molecule has 21 heavy (non-hydrogen) atoms. The number of rotatable bonds is 5. The molecule has 0 unspecified atom stereocenters. The number of carboxylic acids is 1. The lowest BCUT2D eigenvalue weighted by molar-refractivity contribution is -0.385. The van der Waals surface area contributed by atoms with Gasteiger partial charge in [0.1, 0.15) is 17.6 Å². The van der Waals surface area contributed by atoms with E-state index >= 15 is 0 Å². The van der Waals surface area contributed by atoms with Crippen molar-refractivity contribution in [2.24, 2.45) is 0 Å². The van der Waals surface area contributed by atoms with Crippen molar-refractivity contribution in [1.29, 1.82) is 0 Å². The lowest BCUT2D eigenvalue weighted by Crippen LogP contribution is -2.07. The Morgan fingerprint density at radius 2 is 2.14 bits per heavy atom. The Balaban J connectivity index is 2.44. The predicted octanol–water partition coefficient (Wildman–Crippen LogP) is 2.99. The van der Waals surface area contributed by atoms with Crippen LogP contribution in [0.1, 0.15) is 22.8 Å². The highest BCUT2D eigenvalue weighted by atomic mass is 16.6. The zero-order valence-electron chi connectivity index (χ0n) is 11.2. The zero-order valence-corrected chi connectivity index (χ0v) is 11.2. The summed E-state index contributed by atoms with van der Waals surface area (Å²) >= 11 is 0. The molecule has 0 radical (unpaired) electrons. The molecule has 1 aromatic carbocycles. The monoisotopic (exact) mass is 287 g/mol. The molecule has 0 aliphatic heterocycles. The average molecular weight is 287 g/mol. The molecule has 2 N–H and O–H groups in total. The molecule has 108 valence electrons. The van der Waals surface area contributed by atoms with Gasteiger partial charge in [-0.3, -0.25) is 10.1 Å². The van der Waals surface area contributed by atoms with Crippen LogP contribution < -0.4 is 5.32 Å². The standard InChI is InChI=1S/C14H13N3O4/c1-2-9-5-3-4-6-12(9)16-13-11(14(18)19)7-10(8-15-13)17(20)21/h3-8H,2H2,1H3,(H,15,16)(H,18,19). The fraction of sp³-hybridized carbons (Fsp3) is 0.143. The van der Waals surface area contributed by atoms with E-state index in [0.29, 0.717) is 0 Å². The number of hydrogen-bond donors (Lipinski definition) is 2. The van der Waals surface area contributed by atoms with Crippen molar-refractivity contribution in [2.75, 3.05) is 5.32 Å². The highest BCUT2D eigenvalue weighted by Gasteiger charge is 2.18. The Kier molecular flexibility index (Phi) is 4.13. The Bertz CT molecular complexity index is 700. The summed E-state index contributed by atoms with van der Waals surface area (Å²) in [6, 6.07) is 8.40. The van der Waals surface area contributed by atoms with Crippen molar-refractivity contribution in [3.63, 3.8) is 0 Å². The minimum absolute atomic E-state index is 0.0778. The van der Waals surface area contributed by atoms with Gasteiger partial charge in [-0.25, -0.2) is 9.78 Å². The summed E-state index contributed by atoms with van der Waals surface area (Å²) < 4.78 is 0. The van der Waals surface area contributed by atoms with E-state index in [1.54, 1.807) is 6.07 Å². The van der Waals surface area contributed by atoms with Crippen molar-refractivity contribution in [3.05, 3.63) is 57.8 Å². The smallest absolute Gasteiger partial charge is 0.339 e. The molecule has 0 fully saturated rings. The first-order chi connectivity index (χ1) is 10.0. The molecule has 0 amide bonds. The lowest BCUT2D eigenvalue weighted by atomic mass is 10.1. The topological polar surface area (TPSA) is 105 Å². The number of para-hydroxylation sites is 1. The number of aromatic carboxylic acids is 1. The number of nitro groups is 1. The maximum absolute atomic E-state index is 11.2. The summed E-state index contributed by atoms with van der Waals surface area (Å²) in [5.41, 5.74) is 1.12. The quantitative estimate of drug-likeness (QED) is 0.647. The number of hydrogen-bond acceptors (Lipinski definition) is 5. The summed E-state index contributed by atoms with van der Waals surface area (Å²) in [7, 11) is 0. The van der Waals surface area contributed by atoms with Crippen LogP contribution in [0.5, 0.6) is 0 Å². The third kappa shape index (κ3) is 3.14. The highest BCUT2D eigenvalue weighted by molar-refractivity contribution is 5.94. The van der Waals surface area contributed by atoms with E-state index in [0.717, 1.165) is 29.9 Å². The van der Waals surface area contributed by atoms with Crippen molar-refractivity contribution in [3.8, 4) is 0 Å². The van der Waals surface area contributed by atoms with Crippen LogP contribution in [0, 0.1) is 10.1 Å². The van der Waals surface area contributed by atoms with E-state index < -0.39 is 10.9 Å². The lowest BCUT2D eigenvalue weighted by Gasteiger charge is -2.11. The van der Waals surface area contributed by atoms with E-state index in [1.165, 1.54) is 0 Å². The molecule has 0 spiro atoms. The first kappa shape index (κ1) is 14.4. The second-order valence-corrected chi connectivity index (χ2v) is 4.29. The van der Waals surface area contributed by atoms with Crippen LogP contribution in [0.25, 0.3) is 0 Å². The SMILES string of the molecule is CCc1ccccc1Nc1ncc([N+](=O)[O-])cc1C(=O)O. The molecule has 2 aromatic rings. The van der Waals surface area contributed by atoms with Gasteiger partial charge in [-0.2, -0.15) is 0 Å². The normalized spacial score (nSPS) is 10.1. The van der Waals surface area contributed by atoms with Gasteiger partial charge in [0.05, 0.1) is 4.92 Å². The summed E-state index contributed by atoms with van der Waals surface area (Å²) in [6.45, 7) is 1.97. The Morgan fingerprint density at radius 1 is 1.43 bits per heavy atom. The Hall–Kier alpha value is -2.96. The van der Waals surface area contributed by atoms with Gasteiger partial charge in [0.15, 0.2) is 0 Å². The second kappa shape index (κ2) is 6.00. The molecule has 1 heterocycles. The number of anilines is 2. The van der Waals surface area contributed by atoms with Crippen LogP contribution in [0.4, 0.5) is 17.2 Å². The van der Waals surface area contributed by atoms with E-state index in [2.05, 4.69) is 10.3 Å². The van der Waals surface area contributed by atoms with Gasteiger partial charge in [0.2, 0.25) is 0 Å². The Labute approximate surface area is 120 Å². The molecule has 0 bridgehead atoms. The number of nitrogens with zero attached hydrogens (tertiary/aromatic N) is 2. The summed E-state index contributed by atoms with van der Waals surface area (Å²) in [4.78, 5) is 25.1. The molecule has 0 aliphatic rings. The molecular weight excluding hydrogens is 274 g/mol. The van der Waals surface area contributed by atoms with Crippen molar-refractivity contribution >= 4 is 23.2 Å². The number of pyridine rings is 1. The van der Waals surface area contributed by atoms with Gasteiger partial charge in [-0.15, -0.1) is 0 Å². The second-order valence-electron chi connectivity index (χ2n) is 4.29. The largest absolute Gasteiger partial charge is 0.478 e. The van der Waals surface area contributed by atoms with Gasteiger partial charge >= 0.3 is 5.97 Å². The van der Waals surface area contributed by atoms with Crippen LogP contribution in [0.3, 0.4) is 0 Å². The van der Waals surface area contributed by atoms with Crippen molar-refractivity contribution in [2.45, 2.75) is 13.3 Å². The summed E-state index contributed by atoms with van der Waals surface area (Å²) in [5.74, 6) is -1.20. The van der Waals surface area contributed by atoms with E-state index in [4.69, 9.17) is 0 Å². The van der Waals surface area contributed by atoms with Crippen molar-refractivity contribution in [1.82, 2.24) is 4.98 Å². The number of carboxylic acid groups (broad SMARTS) is 1. The van der Waals surface area contributed by atoms with Gasteiger partial charge in [-0.1, -0.05) is 25.1 Å². The predicted molar refractivity (Wildman–Crippen MR) is 77.0 cm³/mol. The van der Waals surface area contributed by atoms with Gasteiger partial charge in [0, 0.05) is 11.8 Å². The number of nitrogens with one attached hydrogen (secondary N) is 1. The fourth-order valence-electron chi connectivity index (χ4n) is 1.89. The van der Waals surface area contributed by atoms with Crippen LogP contribution >= 0.6 is 0 Å². The molecule has 0 aliphatic carbocycles. The minimum Gasteiger partial charge on any atom is -0.478 e. The van der Waals surface area contributed by atoms with Gasteiger partial charge in [-0.05, 0) is 18.1 Å². The number of carbonyl (C=O) groups is 1. The van der Waals surface area contributed by atoms with Gasteiger partial charge < -0.3 is 10.4 Å². The first-order valence-electron chi connectivity index (χ1n) is 6.25. The maximum atomic E-state index is 11.2. The third-order valence-corrected chi connectivity index (χ3v) is 2.97. The van der Waals surface area contributed by atoms with E-state index in [9.17, 15) is 20.0 Å². The number of aromatic nitrogens is 1.